The van der Waals surface area contributed by atoms with Crippen LogP contribution in [-0.2, 0) is 28.6 Å². The second-order valence-electron chi connectivity index (χ2n) is 21.3. The van der Waals surface area contributed by atoms with Gasteiger partial charge in [0, 0.05) is 19.3 Å². The molecule has 0 rings (SSSR count). The number of hydrogen-bond acceptors (Lipinski definition) is 6. The molecule has 0 aliphatic heterocycles. The summed E-state index contributed by atoms with van der Waals surface area (Å²) in [7, 11) is 0. The molecule has 75 heavy (non-hydrogen) atoms. The third-order valence-electron chi connectivity index (χ3n) is 13.8. The zero-order valence-corrected chi connectivity index (χ0v) is 49.6. The Labute approximate surface area is 465 Å². The van der Waals surface area contributed by atoms with Crippen LogP contribution in [0.25, 0.3) is 0 Å². The zero-order chi connectivity index (χ0) is 54.3. The molecule has 0 N–H and O–H groups in total. The van der Waals surface area contributed by atoms with Gasteiger partial charge in [-0.05, 0) is 122 Å². The molecule has 0 heterocycles. The van der Waals surface area contributed by atoms with Crippen LogP contribution in [0.3, 0.4) is 0 Å². The molecular formula is C69H120O6. The fourth-order valence-corrected chi connectivity index (χ4v) is 8.98. The summed E-state index contributed by atoms with van der Waals surface area (Å²) in [5.41, 5.74) is 0. The zero-order valence-electron chi connectivity index (χ0n) is 49.6. The maximum Gasteiger partial charge on any atom is 0.306 e. The topological polar surface area (TPSA) is 78.9 Å². The highest BCUT2D eigenvalue weighted by atomic mass is 16.6. The average molecular weight is 1050 g/mol. The van der Waals surface area contributed by atoms with Gasteiger partial charge in [-0.1, -0.05) is 260 Å². The molecule has 0 bridgehead atoms. The van der Waals surface area contributed by atoms with Crippen LogP contribution in [0, 0.1) is 0 Å². The SMILES string of the molecule is CCCCCC/C=C\C/C=C\CCCCCCCCCC(=O)OCC(COC(=O)CCCCCCCC/C=C\C/C=C\C/C=C\CCCCCCC)OC(=O)CCCCCCCCC/C=C\C/C=C\CCCCCC. The summed E-state index contributed by atoms with van der Waals surface area (Å²) in [6.45, 7) is 6.60. The Hall–Kier alpha value is -3.41. The second-order valence-corrected chi connectivity index (χ2v) is 21.3. The standard InChI is InChI=1S/C69H120O6/c1-4-7-10-13-16-19-22-25-28-31-34-35-36-39-41-44-47-50-53-56-59-62-68(71)74-65-66(75-69(72)63-60-57-54-51-48-45-42-38-33-30-27-24-21-18-15-12-9-6-3)64-73-67(70)61-58-55-52-49-46-43-40-37-32-29-26-23-20-17-14-11-8-5-2/h20-25,29-34,36,39,66H,4-19,26-28,35,37-38,40-65H2,1-3H3/b23-20-,24-21-,25-22-,32-29-,33-30-,34-31-,39-36-. The van der Waals surface area contributed by atoms with Crippen molar-refractivity contribution in [3.8, 4) is 0 Å². The van der Waals surface area contributed by atoms with E-state index < -0.39 is 6.10 Å². The van der Waals surface area contributed by atoms with E-state index in [0.717, 1.165) is 103 Å². The molecule has 0 aromatic heterocycles. The monoisotopic (exact) mass is 1040 g/mol. The minimum atomic E-state index is -0.792. The Bertz CT molecular complexity index is 1430. The maximum absolute atomic E-state index is 12.9. The number of carbonyl (C=O) groups is 3. The van der Waals surface area contributed by atoms with Crippen molar-refractivity contribution in [1.82, 2.24) is 0 Å². The lowest BCUT2D eigenvalue weighted by atomic mass is 10.1. The predicted octanol–water partition coefficient (Wildman–Crippen LogP) is 21.9. The van der Waals surface area contributed by atoms with Crippen molar-refractivity contribution < 1.29 is 28.6 Å². The van der Waals surface area contributed by atoms with E-state index in [0.29, 0.717) is 19.3 Å². The molecule has 0 aliphatic carbocycles. The first-order valence-electron chi connectivity index (χ1n) is 32.1. The average Bonchev–Trinajstić information content (AvgIpc) is 3.41. The lowest BCUT2D eigenvalue weighted by Gasteiger charge is -2.18. The van der Waals surface area contributed by atoms with Gasteiger partial charge in [-0.25, -0.2) is 0 Å². The third-order valence-corrected chi connectivity index (χ3v) is 13.8. The molecule has 1 unspecified atom stereocenters. The van der Waals surface area contributed by atoms with Crippen LogP contribution in [0.2, 0.25) is 0 Å². The van der Waals surface area contributed by atoms with Crippen LogP contribution in [0.4, 0.5) is 0 Å². The van der Waals surface area contributed by atoms with E-state index in [1.807, 2.05) is 0 Å². The first kappa shape index (κ1) is 71.6. The number of rotatable bonds is 58. The molecule has 6 nitrogen and oxygen atoms in total. The highest BCUT2D eigenvalue weighted by molar-refractivity contribution is 5.71. The third kappa shape index (κ3) is 61.3. The van der Waals surface area contributed by atoms with E-state index in [1.165, 1.54) is 173 Å². The number of esters is 3. The first-order valence-corrected chi connectivity index (χ1v) is 32.1. The van der Waals surface area contributed by atoms with Crippen molar-refractivity contribution in [2.24, 2.45) is 0 Å². The normalized spacial score (nSPS) is 12.6. The van der Waals surface area contributed by atoms with E-state index in [-0.39, 0.29) is 31.1 Å². The van der Waals surface area contributed by atoms with E-state index in [2.05, 4.69) is 106 Å². The van der Waals surface area contributed by atoms with Gasteiger partial charge in [-0.15, -0.1) is 0 Å². The molecule has 6 heteroatoms. The predicted molar refractivity (Wildman–Crippen MR) is 325 cm³/mol. The van der Waals surface area contributed by atoms with Crippen molar-refractivity contribution in [1.29, 1.82) is 0 Å². The van der Waals surface area contributed by atoms with E-state index >= 15 is 0 Å². The Kier molecular flexibility index (Phi) is 60.3. The largest absolute Gasteiger partial charge is 0.462 e. The van der Waals surface area contributed by atoms with Crippen molar-refractivity contribution >= 4 is 17.9 Å². The molecule has 0 saturated carbocycles. The molecule has 0 fully saturated rings. The van der Waals surface area contributed by atoms with Crippen molar-refractivity contribution in [3.63, 3.8) is 0 Å². The van der Waals surface area contributed by atoms with Gasteiger partial charge in [0.25, 0.3) is 0 Å². The molecule has 0 aromatic carbocycles. The van der Waals surface area contributed by atoms with Crippen molar-refractivity contribution in [2.75, 3.05) is 13.2 Å². The summed E-state index contributed by atoms with van der Waals surface area (Å²) in [5, 5.41) is 0. The van der Waals surface area contributed by atoms with Crippen LogP contribution < -0.4 is 0 Å². The molecule has 0 spiro atoms. The number of hydrogen-bond donors (Lipinski definition) is 0. The van der Waals surface area contributed by atoms with Gasteiger partial charge in [0.1, 0.15) is 13.2 Å². The van der Waals surface area contributed by atoms with Gasteiger partial charge in [-0.3, -0.25) is 14.4 Å². The van der Waals surface area contributed by atoms with Gasteiger partial charge in [0.15, 0.2) is 6.10 Å². The van der Waals surface area contributed by atoms with Gasteiger partial charge >= 0.3 is 17.9 Å². The first-order chi connectivity index (χ1) is 37.0. The Morgan fingerprint density at radius 3 is 0.760 bits per heavy atom. The fourth-order valence-electron chi connectivity index (χ4n) is 8.98. The number of allylic oxidation sites excluding steroid dienone is 14. The van der Waals surface area contributed by atoms with Crippen molar-refractivity contribution in [2.45, 2.75) is 322 Å². The number of carbonyl (C=O) groups excluding carboxylic acids is 3. The van der Waals surface area contributed by atoms with E-state index in [4.69, 9.17) is 14.2 Å². The molecule has 432 valence electrons. The maximum atomic E-state index is 12.9. The molecule has 0 aliphatic rings. The van der Waals surface area contributed by atoms with Crippen LogP contribution in [0.5, 0.6) is 0 Å². The van der Waals surface area contributed by atoms with Gasteiger partial charge in [0.2, 0.25) is 0 Å². The number of unbranched alkanes of at least 4 members (excludes halogenated alkanes) is 33. The Morgan fingerprint density at radius 1 is 0.267 bits per heavy atom. The molecule has 1 atom stereocenters. The quantitative estimate of drug-likeness (QED) is 0.0261. The fraction of sp³-hybridized carbons (Fsp3) is 0.754. The number of ether oxygens (including phenoxy) is 3. The molecule has 0 radical (unpaired) electrons. The van der Waals surface area contributed by atoms with Crippen molar-refractivity contribution in [3.05, 3.63) is 85.1 Å². The summed E-state index contributed by atoms with van der Waals surface area (Å²) in [4.78, 5) is 38.3. The Balaban J connectivity index is 4.43. The smallest absolute Gasteiger partial charge is 0.306 e. The van der Waals surface area contributed by atoms with Gasteiger partial charge in [-0.2, -0.15) is 0 Å². The minimum absolute atomic E-state index is 0.0878. The summed E-state index contributed by atoms with van der Waals surface area (Å²) in [6, 6.07) is 0. The summed E-state index contributed by atoms with van der Waals surface area (Å²) >= 11 is 0. The lowest BCUT2D eigenvalue weighted by molar-refractivity contribution is -0.167. The van der Waals surface area contributed by atoms with E-state index in [9.17, 15) is 14.4 Å². The highest BCUT2D eigenvalue weighted by Gasteiger charge is 2.19. The van der Waals surface area contributed by atoms with E-state index in [1.54, 1.807) is 0 Å². The molecule has 0 aromatic rings. The van der Waals surface area contributed by atoms with Crippen LogP contribution in [0.1, 0.15) is 316 Å². The summed E-state index contributed by atoms with van der Waals surface area (Å²) in [6.07, 6.45) is 82.9. The molecular weight excluding hydrogens is 925 g/mol. The second kappa shape index (κ2) is 63.1. The highest BCUT2D eigenvalue weighted by Crippen LogP contribution is 2.15. The molecule has 0 amide bonds. The van der Waals surface area contributed by atoms with Crippen LogP contribution in [-0.4, -0.2) is 37.2 Å². The van der Waals surface area contributed by atoms with Gasteiger partial charge < -0.3 is 14.2 Å². The Morgan fingerprint density at radius 2 is 0.480 bits per heavy atom. The van der Waals surface area contributed by atoms with Crippen LogP contribution in [0.15, 0.2) is 85.1 Å². The van der Waals surface area contributed by atoms with Crippen LogP contribution >= 0.6 is 0 Å². The molecule has 0 saturated heterocycles. The summed E-state index contributed by atoms with van der Waals surface area (Å²) in [5.74, 6) is -0.904. The summed E-state index contributed by atoms with van der Waals surface area (Å²) < 4.78 is 16.9. The lowest BCUT2D eigenvalue weighted by Crippen LogP contribution is -2.30. The minimum Gasteiger partial charge on any atom is -0.462 e. The van der Waals surface area contributed by atoms with Gasteiger partial charge in [0.05, 0.1) is 0 Å².